The number of hydrogen-bond acceptors (Lipinski definition) is 7. The van der Waals surface area contributed by atoms with Crippen LogP contribution in [0.5, 0.6) is 5.75 Å². The van der Waals surface area contributed by atoms with Gasteiger partial charge in [-0.15, -0.1) is 10.2 Å². The molecule has 1 amide bonds. The number of aromatic nitrogens is 2. The second kappa shape index (κ2) is 8.37. The van der Waals surface area contributed by atoms with E-state index in [1.165, 1.54) is 23.1 Å². The van der Waals surface area contributed by atoms with E-state index in [-0.39, 0.29) is 11.2 Å². The number of carbonyl (C=O) groups is 1. The van der Waals surface area contributed by atoms with Crippen molar-refractivity contribution in [3.63, 3.8) is 0 Å². The molecular formula is C14H17ClN4O2S2. The number of nitrogens with zero attached hydrogens (tertiary/aromatic N) is 2. The van der Waals surface area contributed by atoms with Crippen LogP contribution in [-0.4, -0.2) is 35.0 Å². The summed E-state index contributed by atoms with van der Waals surface area (Å²) in [5.74, 6) is 0.404. The van der Waals surface area contributed by atoms with Crippen LogP contribution in [0.1, 0.15) is 13.8 Å². The minimum atomic E-state index is -0.332. The number of carbonyl (C=O) groups excluding carboxylic acids is 1. The fourth-order valence-corrected chi connectivity index (χ4v) is 3.83. The highest BCUT2D eigenvalue weighted by atomic mass is 35.5. The summed E-state index contributed by atoms with van der Waals surface area (Å²) in [6.07, 6.45) is 0. The minimum Gasteiger partial charge on any atom is -0.495 e. The molecule has 6 nitrogen and oxygen atoms in total. The summed E-state index contributed by atoms with van der Waals surface area (Å²) in [6.45, 7) is 4.58. The predicted octanol–water partition coefficient (Wildman–Crippen LogP) is 3.75. The molecule has 0 saturated carbocycles. The van der Waals surface area contributed by atoms with Crippen LogP contribution in [0.15, 0.2) is 22.5 Å². The van der Waals surface area contributed by atoms with Crippen molar-refractivity contribution in [1.29, 1.82) is 0 Å². The van der Waals surface area contributed by atoms with E-state index in [4.69, 9.17) is 16.3 Å². The maximum atomic E-state index is 12.3. The molecule has 2 N–H and O–H groups in total. The van der Waals surface area contributed by atoms with Crippen molar-refractivity contribution >= 4 is 51.4 Å². The monoisotopic (exact) mass is 372 g/mol. The topological polar surface area (TPSA) is 76.1 Å². The predicted molar refractivity (Wildman–Crippen MR) is 96.0 cm³/mol. The zero-order chi connectivity index (χ0) is 16.8. The first-order valence-corrected chi connectivity index (χ1v) is 8.99. The smallest absolute Gasteiger partial charge is 0.237 e. The molecule has 124 valence electrons. The Morgan fingerprint density at radius 3 is 2.96 bits per heavy atom. The lowest BCUT2D eigenvalue weighted by atomic mass is 10.3. The van der Waals surface area contributed by atoms with Crippen LogP contribution < -0.4 is 15.4 Å². The molecule has 1 atom stereocenters. The Labute approximate surface area is 148 Å². The number of hydrogen-bond donors (Lipinski definition) is 2. The zero-order valence-corrected chi connectivity index (χ0v) is 15.3. The number of nitrogens with one attached hydrogen (secondary N) is 2. The summed E-state index contributed by atoms with van der Waals surface area (Å²) in [7, 11) is 1.54. The third kappa shape index (κ3) is 4.98. The van der Waals surface area contributed by atoms with Crippen LogP contribution >= 0.6 is 34.7 Å². The van der Waals surface area contributed by atoms with Gasteiger partial charge in [-0.25, -0.2) is 0 Å². The lowest BCUT2D eigenvalue weighted by Crippen LogP contribution is -2.22. The van der Waals surface area contributed by atoms with E-state index in [0.717, 1.165) is 16.0 Å². The summed E-state index contributed by atoms with van der Waals surface area (Å²) < 4.78 is 5.96. The van der Waals surface area contributed by atoms with Gasteiger partial charge in [-0.1, -0.05) is 34.7 Å². The van der Waals surface area contributed by atoms with Crippen LogP contribution in [0.25, 0.3) is 0 Å². The Bertz CT molecular complexity index is 681. The average Bonchev–Trinajstić information content (AvgIpc) is 2.95. The summed E-state index contributed by atoms with van der Waals surface area (Å²) in [6, 6.07) is 5.07. The first kappa shape index (κ1) is 17.8. The third-order valence-electron chi connectivity index (χ3n) is 2.80. The van der Waals surface area contributed by atoms with E-state index in [1.54, 1.807) is 25.3 Å². The van der Waals surface area contributed by atoms with Gasteiger partial charge >= 0.3 is 0 Å². The lowest BCUT2D eigenvalue weighted by molar-refractivity contribution is -0.115. The minimum absolute atomic E-state index is 0.157. The average molecular weight is 373 g/mol. The molecule has 23 heavy (non-hydrogen) atoms. The molecule has 2 rings (SSSR count). The Morgan fingerprint density at radius 2 is 2.26 bits per heavy atom. The second-order valence-electron chi connectivity index (χ2n) is 4.50. The Hall–Kier alpha value is -1.51. The van der Waals surface area contributed by atoms with Gasteiger partial charge in [-0.05, 0) is 32.0 Å². The molecule has 1 heterocycles. The molecule has 0 spiro atoms. The van der Waals surface area contributed by atoms with Crippen LogP contribution in [0, 0.1) is 0 Å². The van der Waals surface area contributed by atoms with Crippen molar-refractivity contribution < 1.29 is 9.53 Å². The number of methoxy groups -OCH3 is 1. The van der Waals surface area contributed by atoms with Crippen LogP contribution in [0.2, 0.25) is 5.02 Å². The van der Waals surface area contributed by atoms with Gasteiger partial charge in [0, 0.05) is 11.6 Å². The molecule has 0 bridgehead atoms. The second-order valence-corrected chi connectivity index (χ2v) is 7.50. The van der Waals surface area contributed by atoms with Crippen molar-refractivity contribution in [2.24, 2.45) is 0 Å². The van der Waals surface area contributed by atoms with Gasteiger partial charge in [0.05, 0.1) is 18.0 Å². The number of ether oxygens (including phenoxy) is 1. The van der Waals surface area contributed by atoms with Crippen LogP contribution in [-0.2, 0) is 4.79 Å². The number of amides is 1. The number of thioether (sulfide) groups is 1. The van der Waals surface area contributed by atoms with E-state index >= 15 is 0 Å². The number of anilines is 2. The molecule has 0 aliphatic rings. The van der Waals surface area contributed by atoms with E-state index in [9.17, 15) is 4.79 Å². The highest BCUT2D eigenvalue weighted by molar-refractivity contribution is 8.02. The zero-order valence-electron chi connectivity index (χ0n) is 12.9. The standard InChI is InChI=1S/C14H17ClN4O2S2/c1-4-16-13-18-19-14(23-13)22-8(2)12(20)17-10-7-9(15)5-6-11(10)21-3/h5-8H,4H2,1-3H3,(H,16,18)(H,17,20)/t8-/m0/s1. The third-order valence-corrected chi connectivity index (χ3v) is 5.10. The SMILES string of the molecule is CCNc1nnc(S[C@@H](C)C(=O)Nc2cc(Cl)ccc2OC)s1. The van der Waals surface area contributed by atoms with E-state index < -0.39 is 0 Å². The molecule has 9 heteroatoms. The Kier molecular flexibility index (Phi) is 6.49. The molecule has 0 radical (unpaired) electrons. The van der Waals surface area contributed by atoms with Crippen LogP contribution in [0.4, 0.5) is 10.8 Å². The highest BCUT2D eigenvalue weighted by Crippen LogP contribution is 2.31. The molecule has 0 aliphatic heterocycles. The molecule has 2 aromatic rings. The highest BCUT2D eigenvalue weighted by Gasteiger charge is 2.18. The van der Waals surface area contributed by atoms with Crippen molar-refractivity contribution in [2.45, 2.75) is 23.4 Å². The molecule has 1 aromatic heterocycles. The fourth-order valence-electron chi connectivity index (χ4n) is 1.70. The quantitative estimate of drug-likeness (QED) is 0.721. The van der Waals surface area contributed by atoms with Crippen molar-refractivity contribution in [3.8, 4) is 5.75 Å². The van der Waals surface area contributed by atoms with Gasteiger partial charge in [-0.2, -0.15) is 0 Å². The van der Waals surface area contributed by atoms with Crippen molar-refractivity contribution in [3.05, 3.63) is 23.2 Å². The van der Waals surface area contributed by atoms with Gasteiger partial charge in [0.2, 0.25) is 11.0 Å². The van der Waals surface area contributed by atoms with Gasteiger partial charge in [0.25, 0.3) is 0 Å². The first-order chi connectivity index (χ1) is 11.0. The molecule has 0 unspecified atom stereocenters. The summed E-state index contributed by atoms with van der Waals surface area (Å²) in [5, 5.41) is 14.9. The van der Waals surface area contributed by atoms with Crippen LogP contribution in [0.3, 0.4) is 0 Å². The summed E-state index contributed by atoms with van der Waals surface area (Å²) in [5.41, 5.74) is 0.544. The molecule has 0 saturated heterocycles. The number of rotatable bonds is 7. The van der Waals surface area contributed by atoms with Crippen molar-refractivity contribution in [2.75, 3.05) is 24.3 Å². The van der Waals surface area contributed by atoms with E-state index in [2.05, 4.69) is 20.8 Å². The maximum absolute atomic E-state index is 12.3. The molecular weight excluding hydrogens is 356 g/mol. The van der Waals surface area contributed by atoms with E-state index in [0.29, 0.717) is 16.5 Å². The Balaban J connectivity index is 2.00. The number of benzene rings is 1. The Morgan fingerprint density at radius 1 is 1.48 bits per heavy atom. The molecule has 1 aromatic carbocycles. The first-order valence-electron chi connectivity index (χ1n) is 6.92. The number of halogens is 1. The lowest BCUT2D eigenvalue weighted by Gasteiger charge is -2.13. The van der Waals surface area contributed by atoms with Crippen molar-refractivity contribution in [1.82, 2.24) is 10.2 Å². The molecule has 0 aliphatic carbocycles. The molecule has 0 fully saturated rings. The fraction of sp³-hybridized carbons (Fsp3) is 0.357. The van der Waals surface area contributed by atoms with Gasteiger partial charge < -0.3 is 15.4 Å². The largest absolute Gasteiger partial charge is 0.495 e. The van der Waals surface area contributed by atoms with Gasteiger partial charge in [-0.3, -0.25) is 4.79 Å². The van der Waals surface area contributed by atoms with Gasteiger partial charge in [0.1, 0.15) is 5.75 Å². The normalized spacial score (nSPS) is 11.8. The van der Waals surface area contributed by atoms with Gasteiger partial charge in [0.15, 0.2) is 4.34 Å². The van der Waals surface area contributed by atoms with E-state index in [1.807, 2.05) is 13.8 Å². The maximum Gasteiger partial charge on any atom is 0.237 e. The summed E-state index contributed by atoms with van der Waals surface area (Å²) in [4.78, 5) is 12.3. The summed E-state index contributed by atoms with van der Waals surface area (Å²) >= 11 is 8.74.